The Morgan fingerprint density at radius 1 is 1.56 bits per heavy atom. The number of ether oxygens (including phenoxy) is 1. The van der Waals surface area contributed by atoms with Gasteiger partial charge >= 0.3 is 0 Å². The molecule has 1 aliphatic rings. The molecule has 0 radical (unpaired) electrons. The van der Waals surface area contributed by atoms with E-state index in [0.717, 1.165) is 32.5 Å². The van der Waals surface area contributed by atoms with Gasteiger partial charge in [0.05, 0.1) is 12.3 Å². The summed E-state index contributed by atoms with van der Waals surface area (Å²) in [5.74, 6) is 0. The van der Waals surface area contributed by atoms with Crippen LogP contribution in [0.25, 0.3) is 0 Å². The standard InChI is InChI=1S/C14H25N3O/c1-3-14(15-4-2)12-10-16-17(11-12)8-7-13-6-5-9-18-13/h10-11,13-15H,3-9H2,1-2H3. The molecule has 1 aromatic rings. The normalized spacial score (nSPS) is 21.3. The van der Waals surface area contributed by atoms with Crippen molar-refractivity contribution in [2.75, 3.05) is 13.2 Å². The van der Waals surface area contributed by atoms with Gasteiger partial charge in [-0.3, -0.25) is 4.68 Å². The van der Waals surface area contributed by atoms with Gasteiger partial charge in [0.15, 0.2) is 0 Å². The summed E-state index contributed by atoms with van der Waals surface area (Å²) in [6.07, 6.45) is 9.23. The van der Waals surface area contributed by atoms with Crippen LogP contribution in [0.1, 0.15) is 51.1 Å². The largest absolute Gasteiger partial charge is 0.378 e. The Morgan fingerprint density at radius 3 is 3.11 bits per heavy atom. The van der Waals surface area contributed by atoms with Gasteiger partial charge in [0.25, 0.3) is 0 Å². The molecule has 1 N–H and O–H groups in total. The number of hydrogen-bond acceptors (Lipinski definition) is 3. The maximum Gasteiger partial charge on any atom is 0.0593 e. The summed E-state index contributed by atoms with van der Waals surface area (Å²) in [4.78, 5) is 0. The Labute approximate surface area is 110 Å². The average molecular weight is 251 g/mol. The van der Waals surface area contributed by atoms with Crippen molar-refractivity contribution in [3.8, 4) is 0 Å². The highest BCUT2D eigenvalue weighted by Gasteiger charge is 2.16. The van der Waals surface area contributed by atoms with Gasteiger partial charge in [-0.2, -0.15) is 5.10 Å². The third-order valence-corrected chi connectivity index (χ3v) is 3.62. The molecule has 4 heteroatoms. The Bertz CT molecular complexity index is 345. The maximum absolute atomic E-state index is 5.64. The molecule has 1 fully saturated rings. The van der Waals surface area contributed by atoms with Crippen LogP contribution in [-0.4, -0.2) is 29.0 Å². The molecule has 1 aromatic heterocycles. The second-order valence-corrected chi connectivity index (χ2v) is 4.98. The van der Waals surface area contributed by atoms with Crippen LogP contribution in [0.5, 0.6) is 0 Å². The number of rotatable bonds is 7. The Kier molecular flexibility index (Phi) is 5.20. The summed E-state index contributed by atoms with van der Waals surface area (Å²) in [6.45, 7) is 7.25. The average Bonchev–Trinajstić information content (AvgIpc) is 3.04. The topological polar surface area (TPSA) is 39.1 Å². The number of nitrogens with zero attached hydrogens (tertiary/aromatic N) is 2. The molecule has 1 aliphatic heterocycles. The smallest absolute Gasteiger partial charge is 0.0593 e. The molecule has 1 saturated heterocycles. The zero-order valence-electron chi connectivity index (χ0n) is 11.6. The lowest BCUT2D eigenvalue weighted by Gasteiger charge is -2.13. The molecule has 0 spiro atoms. The first-order valence-corrected chi connectivity index (χ1v) is 7.20. The van der Waals surface area contributed by atoms with Crippen LogP contribution >= 0.6 is 0 Å². The van der Waals surface area contributed by atoms with E-state index >= 15 is 0 Å². The van der Waals surface area contributed by atoms with Gasteiger partial charge in [0.1, 0.15) is 0 Å². The van der Waals surface area contributed by atoms with Crippen LogP contribution in [-0.2, 0) is 11.3 Å². The number of aromatic nitrogens is 2. The third-order valence-electron chi connectivity index (χ3n) is 3.62. The lowest BCUT2D eigenvalue weighted by molar-refractivity contribution is 0.0994. The van der Waals surface area contributed by atoms with Crippen molar-refractivity contribution >= 4 is 0 Å². The van der Waals surface area contributed by atoms with Gasteiger partial charge in [-0.1, -0.05) is 13.8 Å². The van der Waals surface area contributed by atoms with Gasteiger partial charge in [0, 0.05) is 31.0 Å². The van der Waals surface area contributed by atoms with Gasteiger partial charge in [-0.15, -0.1) is 0 Å². The maximum atomic E-state index is 5.64. The lowest BCUT2D eigenvalue weighted by atomic mass is 10.1. The van der Waals surface area contributed by atoms with E-state index in [1.807, 2.05) is 6.20 Å². The van der Waals surface area contributed by atoms with Crippen LogP contribution in [0.3, 0.4) is 0 Å². The number of aryl methyl sites for hydroxylation is 1. The molecule has 2 heterocycles. The van der Waals surface area contributed by atoms with Gasteiger partial charge in [0.2, 0.25) is 0 Å². The first-order chi connectivity index (χ1) is 8.83. The molecule has 102 valence electrons. The molecule has 2 atom stereocenters. The van der Waals surface area contributed by atoms with E-state index in [4.69, 9.17) is 4.74 Å². The lowest BCUT2D eigenvalue weighted by Crippen LogP contribution is -2.19. The van der Waals surface area contributed by atoms with Crippen LogP contribution in [0.15, 0.2) is 12.4 Å². The van der Waals surface area contributed by atoms with Crippen molar-refractivity contribution in [1.29, 1.82) is 0 Å². The summed E-state index contributed by atoms with van der Waals surface area (Å²) < 4.78 is 7.69. The van der Waals surface area contributed by atoms with Crippen molar-refractivity contribution < 1.29 is 4.74 Å². The van der Waals surface area contributed by atoms with Crippen LogP contribution in [0, 0.1) is 0 Å². The molecule has 0 aromatic carbocycles. The van der Waals surface area contributed by atoms with Crippen LogP contribution in [0.2, 0.25) is 0 Å². The second-order valence-electron chi connectivity index (χ2n) is 4.98. The van der Waals surface area contributed by atoms with E-state index in [2.05, 4.69) is 35.1 Å². The molecule has 0 aliphatic carbocycles. The number of hydrogen-bond donors (Lipinski definition) is 1. The SMILES string of the molecule is CCNC(CC)c1cnn(CCC2CCCO2)c1. The van der Waals surface area contributed by atoms with Gasteiger partial charge in [-0.05, 0) is 32.2 Å². The Morgan fingerprint density at radius 2 is 2.44 bits per heavy atom. The quantitative estimate of drug-likeness (QED) is 0.809. The van der Waals surface area contributed by atoms with E-state index in [1.54, 1.807) is 0 Å². The van der Waals surface area contributed by atoms with Crippen molar-refractivity contribution in [3.05, 3.63) is 18.0 Å². The fourth-order valence-corrected chi connectivity index (χ4v) is 2.57. The minimum atomic E-state index is 0.437. The van der Waals surface area contributed by atoms with E-state index in [1.165, 1.54) is 18.4 Å². The molecule has 0 saturated carbocycles. The molecule has 0 bridgehead atoms. The molecule has 2 rings (SSSR count). The Hall–Kier alpha value is -0.870. The second kappa shape index (κ2) is 6.90. The summed E-state index contributed by atoms with van der Waals surface area (Å²) in [5, 5.41) is 7.93. The fourth-order valence-electron chi connectivity index (χ4n) is 2.57. The first-order valence-electron chi connectivity index (χ1n) is 7.20. The predicted molar refractivity (Wildman–Crippen MR) is 72.5 cm³/mol. The van der Waals surface area contributed by atoms with Crippen molar-refractivity contribution in [2.24, 2.45) is 0 Å². The van der Waals surface area contributed by atoms with E-state index in [9.17, 15) is 0 Å². The molecule has 2 unspecified atom stereocenters. The van der Waals surface area contributed by atoms with E-state index < -0.39 is 0 Å². The minimum absolute atomic E-state index is 0.437. The van der Waals surface area contributed by atoms with Gasteiger partial charge < -0.3 is 10.1 Å². The summed E-state index contributed by atoms with van der Waals surface area (Å²) in [5.41, 5.74) is 1.30. The van der Waals surface area contributed by atoms with Crippen LogP contribution in [0.4, 0.5) is 0 Å². The highest BCUT2D eigenvalue weighted by Crippen LogP contribution is 2.18. The molecule has 18 heavy (non-hydrogen) atoms. The first kappa shape index (κ1) is 13.6. The molecule has 4 nitrogen and oxygen atoms in total. The summed E-state index contributed by atoms with van der Waals surface area (Å²) in [6, 6.07) is 0.437. The van der Waals surface area contributed by atoms with Crippen molar-refractivity contribution in [1.82, 2.24) is 15.1 Å². The summed E-state index contributed by atoms with van der Waals surface area (Å²) in [7, 11) is 0. The fraction of sp³-hybridized carbons (Fsp3) is 0.786. The number of nitrogens with one attached hydrogen (secondary N) is 1. The molecule has 0 amide bonds. The minimum Gasteiger partial charge on any atom is -0.378 e. The van der Waals surface area contributed by atoms with Gasteiger partial charge in [-0.25, -0.2) is 0 Å². The van der Waals surface area contributed by atoms with Crippen molar-refractivity contribution in [2.45, 2.75) is 58.2 Å². The summed E-state index contributed by atoms with van der Waals surface area (Å²) >= 11 is 0. The molecular weight excluding hydrogens is 226 g/mol. The zero-order chi connectivity index (χ0) is 12.8. The third kappa shape index (κ3) is 3.56. The Balaban J connectivity index is 1.84. The monoisotopic (exact) mass is 251 g/mol. The van der Waals surface area contributed by atoms with Crippen LogP contribution < -0.4 is 5.32 Å². The highest BCUT2D eigenvalue weighted by molar-refractivity contribution is 5.10. The predicted octanol–water partition coefficient (Wildman–Crippen LogP) is 2.51. The highest BCUT2D eigenvalue weighted by atomic mass is 16.5. The molecular formula is C14H25N3O. The van der Waals surface area contributed by atoms with E-state index in [-0.39, 0.29) is 0 Å². The van der Waals surface area contributed by atoms with E-state index in [0.29, 0.717) is 12.1 Å². The zero-order valence-corrected chi connectivity index (χ0v) is 11.6. The van der Waals surface area contributed by atoms with Crippen molar-refractivity contribution in [3.63, 3.8) is 0 Å².